The van der Waals surface area contributed by atoms with Gasteiger partial charge in [0.2, 0.25) is 0 Å². The Bertz CT molecular complexity index is 437. The molecular weight excluding hydrogens is 192 g/mol. The van der Waals surface area contributed by atoms with E-state index >= 15 is 0 Å². The molecule has 76 valence electrons. The molecule has 1 aromatic heterocycles. The molecule has 0 aliphatic heterocycles. The van der Waals surface area contributed by atoms with Gasteiger partial charge in [0.15, 0.2) is 6.29 Å². The maximum Gasteiger partial charge on any atom is 0.153 e. The summed E-state index contributed by atoms with van der Waals surface area (Å²) in [6, 6.07) is 9.76. The number of aldehydes is 1. The monoisotopic (exact) mass is 202 g/mol. The van der Waals surface area contributed by atoms with Crippen molar-refractivity contribution < 1.29 is 9.63 Å². The van der Waals surface area contributed by atoms with Crippen LogP contribution in [-0.4, -0.2) is 16.2 Å². The van der Waals surface area contributed by atoms with Crippen LogP contribution in [0.1, 0.15) is 15.9 Å². The molecule has 4 heteroatoms. The third-order valence-electron chi connectivity index (χ3n) is 1.92. The van der Waals surface area contributed by atoms with Gasteiger partial charge in [0.1, 0.15) is 6.61 Å². The summed E-state index contributed by atoms with van der Waals surface area (Å²) in [6.45, 7) is 0.431. The third-order valence-corrected chi connectivity index (χ3v) is 1.92. The highest BCUT2D eigenvalue weighted by Gasteiger charge is 1.97. The Hall–Kier alpha value is -2.10. The zero-order valence-electron chi connectivity index (χ0n) is 8.04. The van der Waals surface area contributed by atoms with Gasteiger partial charge in [0.05, 0.1) is 18.0 Å². The van der Waals surface area contributed by atoms with Gasteiger partial charge in [-0.05, 0) is 5.56 Å². The Kier molecular flexibility index (Phi) is 2.78. The Morgan fingerprint density at radius 3 is 2.80 bits per heavy atom. The van der Waals surface area contributed by atoms with E-state index in [0.29, 0.717) is 12.2 Å². The Balaban J connectivity index is 1.96. The summed E-state index contributed by atoms with van der Waals surface area (Å²) in [5.41, 5.74) is 1.56. The van der Waals surface area contributed by atoms with Crippen LogP contribution in [0.25, 0.3) is 0 Å². The van der Waals surface area contributed by atoms with E-state index in [9.17, 15) is 4.79 Å². The zero-order valence-corrected chi connectivity index (χ0v) is 8.04. The van der Waals surface area contributed by atoms with Crippen molar-refractivity contribution in [2.24, 2.45) is 0 Å². The number of rotatable bonds is 4. The van der Waals surface area contributed by atoms with Gasteiger partial charge in [-0.15, -0.1) is 9.94 Å². The molecule has 15 heavy (non-hydrogen) atoms. The van der Waals surface area contributed by atoms with Crippen LogP contribution < -0.4 is 4.84 Å². The summed E-state index contributed by atoms with van der Waals surface area (Å²) in [5, 5.41) is 3.87. The van der Waals surface area contributed by atoms with Gasteiger partial charge in [0.25, 0.3) is 0 Å². The van der Waals surface area contributed by atoms with Gasteiger partial charge in [-0.25, -0.2) is 0 Å². The number of benzene rings is 1. The van der Waals surface area contributed by atoms with Crippen molar-refractivity contribution in [2.45, 2.75) is 6.61 Å². The van der Waals surface area contributed by atoms with Crippen molar-refractivity contribution in [3.8, 4) is 0 Å². The maximum absolute atomic E-state index is 10.4. The average molecular weight is 202 g/mol. The number of nitrogens with zero attached hydrogens (tertiary/aromatic N) is 2. The number of carbonyl (C=O) groups excluding carboxylic acids is 1. The van der Waals surface area contributed by atoms with Gasteiger partial charge < -0.3 is 4.84 Å². The van der Waals surface area contributed by atoms with E-state index in [4.69, 9.17) is 4.84 Å². The molecule has 0 radical (unpaired) electrons. The lowest BCUT2D eigenvalue weighted by atomic mass is 10.2. The average Bonchev–Trinajstić information content (AvgIpc) is 2.76. The molecule has 1 heterocycles. The zero-order chi connectivity index (χ0) is 10.5. The second-order valence-electron chi connectivity index (χ2n) is 3.05. The maximum atomic E-state index is 10.4. The van der Waals surface area contributed by atoms with E-state index in [1.54, 1.807) is 0 Å². The quantitative estimate of drug-likeness (QED) is 0.702. The van der Waals surface area contributed by atoms with Crippen molar-refractivity contribution in [1.29, 1.82) is 0 Å². The van der Waals surface area contributed by atoms with Crippen molar-refractivity contribution >= 4 is 6.29 Å². The lowest BCUT2D eigenvalue weighted by Crippen LogP contribution is -2.11. The minimum atomic E-state index is 0.431. The van der Waals surface area contributed by atoms with E-state index in [1.165, 1.54) is 17.2 Å². The molecule has 2 aromatic rings. The fraction of sp³-hybridized carbons (Fsp3) is 0.0909. The summed E-state index contributed by atoms with van der Waals surface area (Å²) in [6.07, 6.45) is 3.73. The molecule has 0 spiro atoms. The van der Waals surface area contributed by atoms with Gasteiger partial charge in [0, 0.05) is 0 Å². The first-order valence-corrected chi connectivity index (χ1v) is 4.55. The van der Waals surface area contributed by atoms with Gasteiger partial charge in [-0.2, -0.15) is 0 Å². The fourth-order valence-corrected chi connectivity index (χ4v) is 1.16. The van der Waals surface area contributed by atoms with E-state index in [0.717, 1.165) is 11.8 Å². The SMILES string of the molecule is O=Cc1cnn(OCc2ccccc2)c1. The number of hydrogen-bond donors (Lipinski definition) is 0. The standard InChI is InChI=1S/C11H10N2O2/c14-8-11-6-12-13(7-11)15-9-10-4-2-1-3-5-10/h1-8H,9H2. The van der Waals surface area contributed by atoms with E-state index in [1.807, 2.05) is 30.3 Å². The van der Waals surface area contributed by atoms with Crippen molar-refractivity contribution in [3.05, 3.63) is 53.9 Å². The van der Waals surface area contributed by atoms with Crippen LogP contribution in [0.4, 0.5) is 0 Å². The first kappa shape index (κ1) is 9.45. The lowest BCUT2D eigenvalue weighted by Gasteiger charge is -2.03. The highest BCUT2D eigenvalue weighted by atomic mass is 16.7. The Morgan fingerprint density at radius 2 is 2.13 bits per heavy atom. The molecule has 0 fully saturated rings. The van der Waals surface area contributed by atoms with Crippen LogP contribution in [0, 0.1) is 0 Å². The first-order chi connectivity index (χ1) is 7.38. The summed E-state index contributed by atoms with van der Waals surface area (Å²) in [4.78, 5) is 17.0. The minimum Gasteiger partial charge on any atom is -0.392 e. The molecule has 1 aromatic carbocycles. The van der Waals surface area contributed by atoms with Gasteiger partial charge in [-0.3, -0.25) is 4.79 Å². The highest BCUT2D eigenvalue weighted by molar-refractivity contribution is 5.73. The number of carbonyl (C=O) groups is 1. The van der Waals surface area contributed by atoms with Crippen LogP contribution in [0.3, 0.4) is 0 Å². The summed E-state index contributed by atoms with van der Waals surface area (Å²) < 4.78 is 0. The molecule has 0 aliphatic rings. The summed E-state index contributed by atoms with van der Waals surface area (Å²) >= 11 is 0. The fourth-order valence-electron chi connectivity index (χ4n) is 1.16. The predicted octanol–water partition coefficient (Wildman–Crippen LogP) is 1.32. The summed E-state index contributed by atoms with van der Waals surface area (Å²) in [5.74, 6) is 0. The van der Waals surface area contributed by atoms with Crippen LogP contribution in [0.2, 0.25) is 0 Å². The number of hydrogen-bond acceptors (Lipinski definition) is 3. The minimum absolute atomic E-state index is 0.431. The molecule has 0 amide bonds. The van der Waals surface area contributed by atoms with Gasteiger partial charge >= 0.3 is 0 Å². The first-order valence-electron chi connectivity index (χ1n) is 4.55. The number of aromatic nitrogens is 2. The molecule has 0 N–H and O–H groups in total. The third kappa shape index (κ3) is 2.43. The molecular formula is C11H10N2O2. The smallest absolute Gasteiger partial charge is 0.153 e. The Labute approximate surface area is 87.1 Å². The van der Waals surface area contributed by atoms with E-state index < -0.39 is 0 Å². The molecule has 0 bridgehead atoms. The predicted molar refractivity (Wildman–Crippen MR) is 54.3 cm³/mol. The summed E-state index contributed by atoms with van der Waals surface area (Å²) in [7, 11) is 0. The second kappa shape index (κ2) is 4.41. The van der Waals surface area contributed by atoms with Gasteiger partial charge in [-0.1, -0.05) is 30.3 Å². The molecule has 0 saturated carbocycles. The normalized spacial score (nSPS) is 9.87. The largest absolute Gasteiger partial charge is 0.392 e. The molecule has 2 rings (SSSR count). The van der Waals surface area contributed by atoms with Crippen LogP contribution in [-0.2, 0) is 6.61 Å². The van der Waals surface area contributed by atoms with Crippen molar-refractivity contribution in [2.75, 3.05) is 0 Å². The van der Waals surface area contributed by atoms with E-state index in [2.05, 4.69) is 5.10 Å². The van der Waals surface area contributed by atoms with Crippen molar-refractivity contribution in [1.82, 2.24) is 9.94 Å². The lowest BCUT2D eigenvalue weighted by molar-refractivity contribution is 0.0698. The second-order valence-corrected chi connectivity index (χ2v) is 3.05. The topological polar surface area (TPSA) is 44.1 Å². The molecule has 0 saturated heterocycles. The Morgan fingerprint density at radius 1 is 1.33 bits per heavy atom. The molecule has 0 atom stereocenters. The molecule has 0 aliphatic carbocycles. The van der Waals surface area contributed by atoms with Crippen LogP contribution in [0.5, 0.6) is 0 Å². The molecule has 0 unspecified atom stereocenters. The van der Waals surface area contributed by atoms with Crippen LogP contribution >= 0.6 is 0 Å². The highest BCUT2D eigenvalue weighted by Crippen LogP contribution is 1.99. The van der Waals surface area contributed by atoms with E-state index in [-0.39, 0.29) is 0 Å². The molecule has 4 nitrogen and oxygen atoms in total. The van der Waals surface area contributed by atoms with Crippen molar-refractivity contribution in [3.63, 3.8) is 0 Å². The van der Waals surface area contributed by atoms with Crippen LogP contribution in [0.15, 0.2) is 42.7 Å².